The number of carbonyl (C=O) groups excluding carboxylic acids is 2. The average molecular weight is 373 g/mol. The molecule has 1 N–H and O–H groups in total. The molecule has 2 amide bonds. The normalized spacial score (nSPS) is 16.7. The van der Waals surface area contributed by atoms with Gasteiger partial charge in [0.2, 0.25) is 11.8 Å². The van der Waals surface area contributed by atoms with Crippen molar-refractivity contribution in [3.05, 3.63) is 52.5 Å². The van der Waals surface area contributed by atoms with Gasteiger partial charge >= 0.3 is 0 Å². The Morgan fingerprint density at radius 3 is 2.65 bits per heavy atom. The summed E-state index contributed by atoms with van der Waals surface area (Å²) in [6, 6.07) is 10.9. The van der Waals surface area contributed by atoms with E-state index < -0.39 is 5.92 Å². The summed E-state index contributed by atoms with van der Waals surface area (Å²) in [5, 5.41) is 3.33. The highest BCUT2D eigenvalue weighted by molar-refractivity contribution is 6.31. The second-order valence-electron chi connectivity index (χ2n) is 6.51. The monoisotopic (exact) mass is 372 g/mol. The number of carbonyl (C=O) groups is 2. The molecule has 2 aromatic rings. The molecule has 26 heavy (non-hydrogen) atoms. The number of ether oxygens (including phenoxy) is 1. The first-order valence-corrected chi connectivity index (χ1v) is 8.79. The highest BCUT2D eigenvalue weighted by Crippen LogP contribution is 2.31. The number of hydrogen-bond donors (Lipinski definition) is 1. The molecule has 1 atom stereocenters. The SMILES string of the molecule is COc1ccc(Cl)cc1NC(=O)[C@H]1CC(=O)N(c2ccc(C)c(C)c2)C1. The fourth-order valence-corrected chi connectivity index (χ4v) is 3.21. The second kappa shape index (κ2) is 7.38. The Balaban J connectivity index is 1.75. The Morgan fingerprint density at radius 1 is 1.19 bits per heavy atom. The molecule has 0 spiro atoms. The van der Waals surface area contributed by atoms with E-state index >= 15 is 0 Å². The fraction of sp³-hybridized carbons (Fsp3) is 0.300. The standard InChI is InChI=1S/C20H21ClN2O3/c1-12-4-6-16(8-13(12)2)23-11-14(9-19(23)24)20(25)22-17-10-15(21)5-7-18(17)26-3/h4-8,10,14H,9,11H2,1-3H3,(H,22,25)/t14-/m0/s1. The van der Waals surface area contributed by atoms with Crippen LogP contribution >= 0.6 is 11.6 Å². The maximum atomic E-state index is 12.6. The first-order chi connectivity index (χ1) is 12.4. The Kier molecular flexibility index (Phi) is 5.18. The molecule has 1 heterocycles. The Labute approximate surface area is 157 Å². The second-order valence-corrected chi connectivity index (χ2v) is 6.94. The van der Waals surface area contributed by atoms with Gasteiger partial charge in [-0.15, -0.1) is 0 Å². The molecule has 0 unspecified atom stereocenters. The number of nitrogens with zero attached hydrogens (tertiary/aromatic N) is 1. The lowest BCUT2D eigenvalue weighted by molar-refractivity contribution is -0.122. The van der Waals surface area contributed by atoms with Crippen LogP contribution in [0.25, 0.3) is 0 Å². The summed E-state index contributed by atoms with van der Waals surface area (Å²) >= 11 is 6.00. The van der Waals surface area contributed by atoms with E-state index in [0.717, 1.165) is 11.3 Å². The van der Waals surface area contributed by atoms with Crippen molar-refractivity contribution < 1.29 is 14.3 Å². The molecule has 1 fully saturated rings. The quantitative estimate of drug-likeness (QED) is 0.883. The number of halogens is 1. The Hall–Kier alpha value is -2.53. The lowest BCUT2D eigenvalue weighted by Crippen LogP contribution is -2.28. The van der Waals surface area contributed by atoms with Gasteiger partial charge in [0.15, 0.2) is 0 Å². The minimum atomic E-state index is -0.423. The molecule has 2 aromatic carbocycles. The van der Waals surface area contributed by atoms with E-state index in [-0.39, 0.29) is 18.2 Å². The van der Waals surface area contributed by atoms with Gasteiger partial charge in [0.25, 0.3) is 0 Å². The molecular formula is C20H21ClN2O3. The van der Waals surface area contributed by atoms with E-state index in [4.69, 9.17) is 16.3 Å². The molecule has 0 saturated carbocycles. The minimum absolute atomic E-state index is 0.0496. The van der Waals surface area contributed by atoms with E-state index in [1.54, 1.807) is 23.1 Å². The fourth-order valence-electron chi connectivity index (χ4n) is 3.04. The number of aryl methyl sites for hydroxylation is 2. The third kappa shape index (κ3) is 3.68. The van der Waals surface area contributed by atoms with E-state index in [1.807, 2.05) is 32.0 Å². The molecule has 0 radical (unpaired) electrons. The van der Waals surface area contributed by atoms with Crippen LogP contribution in [0.5, 0.6) is 5.75 Å². The van der Waals surface area contributed by atoms with Crippen LogP contribution in [-0.2, 0) is 9.59 Å². The van der Waals surface area contributed by atoms with Crippen molar-refractivity contribution in [2.45, 2.75) is 20.3 Å². The summed E-state index contributed by atoms with van der Waals surface area (Å²) in [5.74, 6) is -0.164. The predicted octanol–water partition coefficient (Wildman–Crippen LogP) is 3.96. The molecule has 1 aliphatic heterocycles. The van der Waals surface area contributed by atoms with Crippen molar-refractivity contribution in [2.24, 2.45) is 5.92 Å². The van der Waals surface area contributed by atoms with Gasteiger partial charge in [-0.05, 0) is 55.3 Å². The van der Waals surface area contributed by atoms with Crippen LogP contribution in [0, 0.1) is 19.8 Å². The van der Waals surface area contributed by atoms with Gasteiger partial charge in [0.05, 0.1) is 18.7 Å². The van der Waals surface area contributed by atoms with Gasteiger partial charge in [-0.3, -0.25) is 9.59 Å². The molecule has 5 nitrogen and oxygen atoms in total. The minimum Gasteiger partial charge on any atom is -0.495 e. The maximum Gasteiger partial charge on any atom is 0.229 e. The third-order valence-electron chi connectivity index (χ3n) is 4.72. The maximum absolute atomic E-state index is 12.6. The zero-order valence-electron chi connectivity index (χ0n) is 15.0. The van der Waals surface area contributed by atoms with Crippen molar-refractivity contribution in [3.63, 3.8) is 0 Å². The van der Waals surface area contributed by atoms with E-state index in [2.05, 4.69) is 5.32 Å². The van der Waals surface area contributed by atoms with Gasteiger partial charge in [0.1, 0.15) is 5.75 Å². The molecule has 1 saturated heterocycles. The third-order valence-corrected chi connectivity index (χ3v) is 4.95. The van der Waals surface area contributed by atoms with Crippen molar-refractivity contribution >= 4 is 34.8 Å². The zero-order chi connectivity index (χ0) is 18.8. The number of methoxy groups -OCH3 is 1. The molecular weight excluding hydrogens is 352 g/mol. The van der Waals surface area contributed by atoms with Crippen LogP contribution in [0.4, 0.5) is 11.4 Å². The van der Waals surface area contributed by atoms with Crippen LogP contribution in [0.2, 0.25) is 5.02 Å². The van der Waals surface area contributed by atoms with Gasteiger partial charge in [-0.25, -0.2) is 0 Å². The van der Waals surface area contributed by atoms with E-state index in [9.17, 15) is 9.59 Å². The molecule has 6 heteroatoms. The van der Waals surface area contributed by atoms with Crippen molar-refractivity contribution in [2.75, 3.05) is 23.9 Å². The predicted molar refractivity (Wildman–Crippen MR) is 103 cm³/mol. The number of anilines is 2. The number of nitrogens with one attached hydrogen (secondary N) is 1. The first kappa shape index (κ1) is 18.3. The highest BCUT2D eigenvalue weighted by Gasteiger charge is 2.35. The number of amides is 2. The first-order valence-electron chi connectivity index (χ1n) is 8.41. The van der Waals surface area contributed by atoms with Gasteiger partial charge in [0, 0.05) is 23.7 Å². The summed E-state index contributed by atoms with van der Waals surface area (Å²) in [6.45, 7) is 4.39. The summed E-state index contributed by atoms with van der Waals surface area (Å²) in [5.41, 5.74) is 3.62. The summed E-state index contributed by atoms with van der Waals surface area (Å²) < 4.78 is 5.25. The van der Waals surface area contributed by atoms with Crippen LogP contribution < -0.4 is 15.0 Å². The summed E-state index contributed by atoms with van der Waals surface area (Å²) in [4.78, 5) is 26.7. The molecule has 1 aliphatic rings. The van der Waals surface area contributed by atoms with Gasteiger partial charge in [-0.2, -0.15) is 0 Å². The van der Waals surface area contributed by atoms with E-state index in [0.29, 0.717) is 23.0 Å². The largest absolute Gasteiger partial charge is 0.495 e. The zero-order valence-corrected chi connectivity index (χ0v) is 15.8. The molecule has 0 bridgehead atoms. The average Bonchev–Trinajstić information content (AvgIpc) is 2.99. The van der Waals surface area contributed by atoms with Crippen LogP contribution in [0.3, 0.4) is 0 Å². The lowest BCUT2D eigenvalue weighted by Gasteiger charge is -2.18. The van der Waals surface area contributed by atoms with Crippen molar-refractivity contribution in [3.8, 4) is 5.75 Å². The van der Waals surface area contributed by atoms with Crippen LogP contribution in [-0.4, -0.2) is 25.5 Å². The van der Waals surface area contributed by atoms with Crippen LogP contribution in [0.1, 0.15) is 17.5 Å². The Morgan fingerprint density at radius 2 is 1.96 bits per heavy atom. The van der Waals surface area contributed by atoms with Crippen molar-refractivity contribution in [1.82, 2.24) is 0 Å². The van der Waals surface area contributed by atoms with Crippen LogP contribution in [0.15, 0.2) is 36.4 Å². The summed E-state index contributed by atoms with van der Waals surface area (Å²) in [6.07, 6.45) is 0.182. The Bertz CT molecular complexity index is 866. The highest BCUT2D eigenvalue weighted by atomic mass is 35.5. The lowest BCUT2D eigenvalue weighted by atomic mass is 10.1. The molecule has 136 valence electrons. The van der Waals surface area contributed by atoms with E-state index in [1.165, 1.54) is 12.7 Å². The topological polar surface area (TPSA) is 58.6 Å². The molecule has 0 aromatic heterocycles. The molecule has 3 rings (SSSR count). The van der Waals surface area contributed by atoms with Gasteiger partial charge < -0.3 is 15.0 Å². The summed E-state index contributed by atoms with van der Waals surface area (Å²) in [7, 11) is 1.53. The van der Waals surface area contributed by atoms with Crippen molar-refractivity contribution in [1.29, 1.82) is 0 Å². The number of benzene rings is 2. The number of rotatable bonds is 4. The molecule has 0 aliphatic carbocycles. The smallest absolute Gasteiger partial charge is 0.229 e. The van der Waals surface area contributed by atoms with Gasteiger partial charge in [-0.1, -0.05) is 17.7 Å². The number of hydrogen-bond acceptors (Lipinski definition) is 3.